The first-order chi connectivity index (χ1) is 6.84. The van der Waals surface area contributed by atoms with Crippen LogP contribution in [0.25, 0.3) is 21.7 Å². The van der Waals surface area contributed by atoms with E-state index in [1.807, 2.05) is 23.6 Å². The molecular weight excluding hydrogens is 192 g/mol. The van der Waals surface area contributed by atoms with Crippen LogP contribution in [0.4, 0.5) is 0 Å². The van der Waals surface area contributed by atoms with Gasteiger partial charge in [-0.3, -0.25) is 0 Å². The predicted molar refractivity (Wildman–Crippen MR) is 61.9 cm³/mol. The Balaban J connectivity index is 2.60. The predicted octanol–water partition coefficient (Wildman–Crippen LogP) is 2.85. The molecule has 0 bridgehead atoms. The minimum atomic E-state index is -0.425. The zero-order valence-corrected chi connectivity index (χ0v) is 8.29. The second kappa shape index (κ2) is 2.77. The van der Waals surface area contributed by atoms with Gasteiger partial charge in [-0.15, -0.1) is 5.14 Å². The minimum Gasteiger partial charge on any atom is -0.109 e. The van der Waals surface area contributed by atoms with Crippen LogP contribution in [0, 0.1) is 0 Å². The number of hydrogen-bond acceptors (Lipinski definition) is 2. The summed E-state index contributed by atoms with van der Waals surface area (Å²) in [5.41, 5.74) is 1.02. The molecule has 0 amide bonds. The van der Waals surface area contributed by atoms with Crippen molar-refractivity contribution in [3.63, 3.8) is 0 Å². The molecule has 1 aromatic heterocycles. The lowest BCUT2D eigenvalue weighted by Gasteiger charge is -1.94. The fourth-order valence-corrected chi connectivity index (χ4v) is 2.68. The van der Waals surface area contributed by atoms with Crippen molar-refractivity contribution in [2.45, 2.75) is 0 Å². The standard InChI is InChI=1S/C11H8N2S/c12-14-7-10-9-4-2-1-3-8(9)5-6-11(10)13-14/h1-7,12H/p+1. The maximum absolute atomic E-state index is 5.78. The lowest BCUT2D eigenvalue weighted by atomic mass is 10.1. The summed E-state index contributed by atoms with van der Waals surface area (Å²) in [5, 5.41) is 11.5. The van der Waals surface area contributed by atoms with Gasteiger partial charge in [0.1, 0.15) is 5.52 Å². The first kappa shape index (κ1) is 7.91. The van der Waals surface area contributed by atoms with Crippen LogP contribution < -0.4 is 5.14 Å². The molecule has 68 valence electrons. The number of fused-ring (bicyclic) bond motifs is 3. The van der Waals surface area contributed by atoms with Gasteiger partial charge in [-0.2, -0.15) is 0 Å². The maximum Gasteiger partial charge on any atom is 0.195 e. The van der Waals surface area contributed by atoms with Crippen LogP contribution >= 0.6 is 10.9 Å². The van der Waals surface area contributed by atoms with Gasteiger partial charge in [0, 0.05) is 0 Å². The van der Waals surface area contributed by atoms with Gasteiger partial charge >= 0.3 is 0 Å². The van der Waals surface area contributed by atoms with Crippen LogP contribution in [0.5, 0.6) is 0 Å². The van der Waals surface area contributed by atoms with Crippen LogP contribution in [0.1, 0.15) is 0 Å². The van der Waals surface area contributed by atoms with E-state index in [0.29, 0.717) is 0 Å². The Bertz CT molecular complexity index is 613. The van der Waals surface area contributed by atoms with Crippen molar-refractivity contribution >= 4 is 32.5 Å². The molecule has 2 aromatic carbocycles. The molecule has 0 aliphatic rings. The summed E-state index contributed by atoms with van der Waals surface area (Å²) in [6.45, 7) is 0. The maximum atomic E-state index is 5.78. The average molecular weight is 201 g/mol. The van der Waals surface area contributed by atoms with Gasteiger partial charge in [0.25, 0.3) is 0 Å². The molecule has 1 heterocycles. The molecule has 0 radical (unpaired) electrons. The average Bonchev–Trinajstić information content (AvgIpc) is 2.59. The number of nitrogen functional groups attached to an aromatic ring is 1. The number of rotatable bonds is 0. The normalized spacial score (nSPS) is 12.5. The van der Waals surface area contributed by atoms with E-state index in [0.717, 1.165) is 5.52 Å². The lowest BCUT2D eigenvalue weighted by molar-refractivity contribution is 1.66. The molecule has 2 N–H and O–H groups in total. The molecule has 3 aromatic rings. The second-order valence-corrected chi connectivity index (χ2v) is 4.39. The summed E-state index contributed by atoms with van der Waals surface area (Å²) in [6.07, 6.45) is 0. The number of nitrogens with two attached hydrogens (primary N) is 1. The van der Waals surface area contributed by atoms with E-state index in [1.54, 1.807) is 0 Å². The first-order valence-electron chi connectivity index (χ1n) is 4.40. The summed E-state index contributed by atoms with van der Waals surface area (Å²) < 4.78 is 4.35. The molecule has 0 aliphatic heterocycles. The summed E-state index contributed by atoms with van der Waals surface area (Å²) in [4.78, 5) is 0. The quantitative estimate of drug-likeness (QED) is 0.568. The third-order valence-electron chi connectivity index (χ3n) is 2.39. The molecule has 0 saturated heterocycles. The Labute approximate surface area is 84.2 Å². The fraction of sp³-hybridized carbons (Fsp3) is 0. The van der Waals surface area contributed by atoms with E-state index >= 15 is 0 Å². The fourth-order valence-electron chi connectivity index (χ4n) is 1.75. The summed E-state index contributed by atoms with van der Waals surface area (Å²) in [5.74, 6) is 0. The van der Waals surface area contributed by atoms with Crippen LogP contribution in [0.3, 0.4) is 0 Å². The van der Waals surface area contributed by atoms with Gasteiger partial charge in [-0.25, -0.2) is 0 Å². The van der Waals surface area contributed by atoms with E-state index in [4.69, 9.17) is 5.14 Å². The largest absolute Gasteiger partial charge is 0.195 e. The third-order valence-corrected chi connectivity index (χ3v) is 3.27. The van der Waals surface area contributed by atoms with Crippen molar-refractivity contribution in [2.24, 2.45) is 0 Å². The van der Waals surface area contributed by atoms with Gasteiger partial charge in [0.05, 0.1) is 5.39 Å². The van der Waals surface area contributed by atoms with Crippen molar-refractivity contribution in [1.29, 1.82) is 0 Å². The number of hydrogen-bond donors (Lipinski definition) is 1. The molecule has 0 fully saturated rings. The lowest BCUT2D eigenvalue weighted by Crippen LogP contribution is -1.76. The topological polar surface area (TPSA) is 38.9 Å². The highest BCUT2D eigenvalue weighted by atomic mass is 32.2. The van der Waals surface area contributed by atoms with Crippen LogP contribution in [0.2, 0.25) is 0 Å². The van der Waals surface area contributed by atoms with Gasteiger partial charge in [0.15, 0.2) is 16.2 Å². The van der Waals surface area contributed by atoms with Gasteiger partial charge in [-0.05, 0) is 21.2 Å². The van der Waals surface area contributed by atoms with Gasteiger partial charge in [0.2, 0.25) is 0 Å². The molecule has 1 atom stereocenters. The van der Waals surface area contributed by atoms with Crippen LogP contribution in [0.15, 0.2) is 41.8 Å². The SMILES string of the molecule is N[s+]1cc2c(ccc3ccccc32)n1. The van der Waals surface area contributed by atoms with E-state index in [1.165, 1.54) is 16.2 Å². The van der Waals surface area contributed by atoms with Gasteiger partial charge < -0.3 is 0 Å². The Morgan fingerprint density at radius 1 is 1.00 bits per heavy atom. The number of aromatic nitrogens is 1. The molecule has 0 saturated carbocycles. The zero-order valence-electron chi connectivity index (χ0n) is 7.47. The van der Waals surface area contributed by atoms with Crippen molar-refractivity contribution < 1.29 is 0 Å². The Kier molecular flexibility index (Phi) is 1.56. The smallest absolute Gasteiger partial charge is 0.109 e. The summed E-state index contributed by atoms with van der Waals surface area (Å²) >= 11 is 0. The molecule has 1 unspecified atom stereocenters. The highest BCUT2D eigenvalue weighted by Gasteiger charge is 2.09. The van der Waals surface area contributed by atoms with E-state index < -0.39 is 10.9 Å². The highest BCUT2D eigenvalue weighted by molar-refractivity contribution is 7.25. The van der Waals surface area contributed by atoms with Crippen molar-refractivity contribution in [1.82, 2.24) is 4.37 Å². The number of benzene rings is 2. The van der Waals surface area contributed by atoms with Crippen LogP contribution in [-0.2, 0) is 0 Å². The Hall–Kier alpha value is -1.45. The van der Waals surface area contributed by atoms with Crippen molar-refractivity contribution in [3.8, 4) is 0 Å². The van der Waals surface area contributed by atoms with Crippen molar-refractivity contribution in [2.75, 3.05) is 5.14 Å². The monoisotopic (exact) mass is 201 g/mol. The second-order valence-electron chi connectivity index (χ2n) is 3.28. The molecule has 0 spiro atoms. The van der Waals surface area contributed by atoms with E-state index in [2.05, 4.69) is 22.6 Å². The van der Waals surface area contributed by atoms with Gasteiger partial charge in [-0.1, -0.05) is 30.3 Å². The van der Waals surface area contributed by atoms with Crippen molar-refractivity contribution in [3.05, 3.63) is 41.8 Å². The van der Waals surface area contributed by atoms with Crippen LogP contribution in [-0.4, -0.2) is 4.37 Å². The van der Waals surface area contributed by atoms with E-state index in [-0.39, 0.29) is 0 Å². The molecule has 3 heteroatoms. The minimum absolute atomic E-state index is 0.425. The third kappa shape index (κ3) is 1.03. The Morgan fingerprint density at radius 3 is 2.79 bits per heavy atom. The molecule has 2 nitrogen and oxygen atoms in total. The Morgan fingerprint density at radius 2 is 1.86 bits per heavy atom. The molecule has 14 heavy (non-hydrogen) atoms. The summed E-state index contributed by atoms with van der Waals surface area (Å²) in [6, 6.07) is 12.4. The molecular formula is C11H9N2S+. The van der Waals surface area contributed by atoms with E-state index in [9.17, 15) is 0 Å². The zero-order chi connectivity index (χ0) is 9.54. The molecule has 0 aliphatic carbocycles. The number of nitrogens with zero attached hydrogens (tertiary/aromatic N) is 1. The summed E-state index contributed by atoms with van der Waals surface area (Å²) in [7, 11) is -0.425. The first-order valence-corrected chi connectivity index (χ1v) is 5.71. The molecule has 3 rings (SSSR count). The highest BCUT2D eigenvalue weighted by Crippen LogP contribution is 2.27.